The molecule has 0 amide bonds. The first-order chi connectivity index (χ1) is 10.9. The molecule has 0 aromatic carbocycles. The number of ether oxygens (including phenoxy) is 2. The molecule has 0 rings (SSSR count). The molecule has 0 aliphatic heterocycles. The number of esters is 2. The molecule has 9 nitrogen and oxygen atoms in total. The molecule has 0 aromatic rings. The summed E-state index contributed by atoms with van der Waals surface area (Å²) in [5.41, 5.74) is -2.63. The number of rotatable bonds is 11. The van der Waals surface area contributed by atoms with Gasteiger partial charge in [0.25, 0.3) is 0 Å². The Labute approximate surface area is 142 Å². The van der Waals surface area contributed by atoms with Crippen molar-refractivity contribution >= 4 is 31.9 Å². The van der Waals surface area contributed by atoms with Crippen LogP contribution in [-0.2, 0) is 43.2 Å². The SMILES string of the molecule is CCOS(=O)(=O)C(C)OC(=O)CCCCC(=O)OC(C)S(C)(=O)=O. The fraction of sp³-hybridized carbons (Fsp3) is 0.846. The fourth-order valence-corrected chi connectivity index (χ4v) is 2.46. The van der Waals surface area contributed by atoms with Crippen molar-refractivity contribution < 1.29 is 40.1 Å². The Balaban J connectivity index is 4.08. The van der Waals surface area contributed by atoms with Crippen LogP contribution >= 0.6 is 0 Å². The summed E-state index contributed by atoms with van der Waals surface area (Å²) in [6, 6.07) is 0. The van der Waals surface area contributed by atoms with Crippen LogP contribution in [0.3, 0.4) is 0 Å². The monoisotopic (exact) mass is 388 g/mol. The zero-order chi connectivity index (χ0) is 19.0. The number of sulfone groups is 1. The molecule has 11 heteroatoms. The fourth-order valence-electron chi connectivity index (χ4n) is 1.43. The molecular formula is C13H24O9S2. The molecule has 0 saturated carbocycles. The molecule has 0 aromatic heterocycles. The van der Waals surface area contributed by atoms with Gasteiger partial charge in [-0.1, -0.05) is 0 Å². The minimum atomic E-state index is -3.95. The molecule has 2 atom stereocenters. The molecule has 0 aliphatic rings. The van der Waals surface area contributed by atoms with Gasteiger partial charge in [-0.05, 0) is 33.6 Å². The van der Waals surface area contributed by atoms with Gasteiger partial charge in [0.1, 0.15) is 0 Å². The Morgan fingerprint density at radius 2 is 1.29 bits per heavy atom. The van der Waals surface area contributed by atoms with Crippen LogP contribution in [0.25, 0.3) is 0 Å². The van der Waals surface area contributed by atoms with E-state index in [1.54, 1.807) is 0 Å². The lowest BCUT2D eigenvalue weighted by Crippen LogP contribution is -2.26. The zero-order valence-electron chi connectivity index (χ0n) is 14.2. The molecule has 0 bridgehead atoms. The maximum absolute atomic E-state index is 11.5. The van der Waals surface area contributed by atoms with Crippen molar-refractivity contribution in [3.05, 3.63) is 0 Å². The number of hydrogen-bond donors (Lipinski definition) is 0. The number of unbranched alkanes of at least 4 members (excludes halogenated alkanes) is 1. The summed E-state index contributed by atoms with van der Waals surface area (Å²) < 4.78 is 59.1. The van der Waals surface area contributed by atoms with Gasteiger partial charge in [0, 0.05) is 19.1 Å². The molecule has 24 heavy (non-hydrogen) atoms. The van der Waals surface area contributed by atoms with Gasteiger partial charge >= 0.3 is 22.1 Å². The van der Waals surface area contributed by atoms with Gasteiger partial charge in [0.2, 0.25) is 5.44 Å². The molecule has 0 aliphatic carbocycles. The highest BCUT2D eigenvalue weighted by atomic mass is 32.2. The van der Waals surface area contributed by atoms with Gasteiger partial charge in [-0.25, -0.2) is 8.42 Å². The van der Waals surface area contributed by atoms with Crippen molar-refractivity contribution in [2.45, 2.75) is 57.3 Å². The van der Waals surface area contributed by atoms with E-state index >= 15 is 0 Å². The highest BCUT2D eigenvalue weighted by molar-refractivity contribution is 7.91. The minimum Gasteiger partial charge on any atom is -0.446 e. The molecule has 142 valence electrons. The van der Waals surface area contributed by atoms with Crippen LogP contribution in [0, 0.1) is 0 Å². The first-order valence-corrected chi connectivity index (χ1v) is 10.8. The average Bonchev–Trinajstić information content (AvgIpc) is 2.42. The van der Waals surface area contributed by atoms with Crippen LogP contribution in [0.1, 0.15) is 46.5 Å². The Morgan fingerprint density at radius 1 is 0.875 bits per heavy atom. The molecule has 0 heterocycles. The molecule has 0 radical (unpaired) electrons. The Bertz CT molecular complexity index is 622. The van der Waals surface area contributed by atoms with Crippen LogP contribution < -0.4 is 0 Å². The highest BCUT2D eigenvalue weighted by Crippen LogP contribution is 2.10. The van der Waals surface area contributed by atoms with Crippen LogP contribution in [0.5, 0.6) is 0 Å². The molecule has 0 saturated heterocycles. The lowest BCUT2D eigenvalue weighted by atomic mass is 10.2. The van der Waals surface area contributed by atoms with Crippen LogP contribution in [-0.4, -0.2) is 52.5 Å². The average molecular weight is 388 g/mol. The number of carbonyl (C=O) groups excluding carboxylic acids is 2. The molecule has 0 fully saturated rings. The van der Waals surface area contributed by atoms with Gasteiger partial charge in [0.05, 0.1) is 6.61 Å². The van der Waals surface area contributed by atoms with E-state index in [2.05, 4.69) is 4.18 Å². The summed E-state index contributed by atoms with van der Waals surface area (Å²) in [5.74, 6) is -1.42. The lowest BCUT2D eigenvalue weighted by molar-refractivity contribution is -0.147. The predicted octanol–water partition coefficient (Wildman–Crippen LogP) is 0.736. The molecule has 0 spiro atoms. The molecule has 2 unspecified atom stereocenters. The number of carbonyl (C=O) groups is 2. The Morgan fingerprint density at radius 3 is 1.67 bits per heavy atom. The molecule has 0 N–H and O–H groups in total. The van der Waals surface area contributed by atoms with Crippen molar-refractivity contribution in [2.75, 3.05) is 12.9 Å². The first-order valence-electron chi connectivity index (χ1n) is 7.36. The van der Waals surface area contributed by atoms with E-state index in [0.717, 1.165) is 6.26 Å². The second kappa shape index (κ2) is 9.94. The standard InChI is InChI=1S/C13H24O9S2/c1-5-20-24(18,19)11(3)22-13(15)9-7-6-8-12(14)21-10(2)23(4,16)17/h10-11H,5-9H2,1-4H3. The van der Waals surface area contributed by atoms with Crippen molar-refractivity contribution in [3.63, 3.8) is 0 Å². The summed E-state index contributed by atoms with van der Waals surface area (Å²) in [5, 5.41) is 0. The van der Waals surface area contributed by atoms with Gasteiger partial charge in [-0.2, -0.15) is 8.42 Å². The summed E-state index contributed by atoms with van der Waals surface area (Å²) >= 11 is 0. The minimum absolute atomic E-state index is 0.0556. The highest BCUT2D eigenvalue weighted by Gasteiger charge is 2.25. The van der Waals surface area contributed by atoms with Gasteiger partial charge < -0.3 is 9.47 Å². The second-order valence-electron chi connectivity index (χ2n) is 5.05. The quantitative estimate of drug-likeness (QED) is 0.286. The smallest absolute Gasteiger partial charge is 0.307 e. The van der Waals surface area contributed by atoms with E-state index in [1.165, 1.54) is 20.8 Å². The molecular weight excluding hydrogens is 364 g/mol. The van der Waals surface area contributed by atoms with Crippen molar-refractivity contribution in [2.24, 2.45) is 0 Å². The van der Waals surface area contributed by atoms with E-state index in [4.69, 9.17) is 9.47 Å². The Hall–Kier alpha value is -1.20. The van der Waals surface area contributed by atoms with E-state index < -0.39 is 42.8 Å². The predicted molar refractivity (Wildman–Crippen MR) is 85.0 cm³/mol. The van der Waals surface area contributed by atoms with Gasteiger partial charge in [-0.15, -0.1) is 0 Å². The topological polar surface area (TPSA) is 130 Å². The van der Waals surface area contributed by atoms with E-state index in [9.17, 15) is 26.4 Å². The van der Waals surface area contributed by atoms with Crippen molar-refractivity contribution in [1.29, 1.82) is 0 Å². The normalized spacial score (nSPS) is 14.7. The summed E-state index contributed by atoms with van der Waals surface area (Å²) in [6.07, 6.45) is 1.36. The summed E-state index contributed by atoms with van der Waals surface area (Å²) in [4.78, 5) is 22.9. The third kappa shape index (κ3) is 9.18. The van der Waals surface area contributed by atoms with Crippen molar-refractivity contribution in [3.8, 4) is 0 Å². The second-order valence-corrected chi connectivity index (χ2v) is 9.26. The van der Waals surface area contributed by atoms with E-state index in [1.807, 2.05) is 0 Å². The van der Waals surface area contributed by atoms with Crippen LogP contribution in [0.4, 0.5) is 0 Å². The van der Waals surface area contributed by atoms with Gasteiger partial charge in [-0.3, -0.25) is 13.8 Å². The lowest BCUT2D eigenvalue weighted by Gasteiger charge is -2.13. The third-order valence-electron chi connectivity index (χ3n) is 2.90. The van der Waals surface area contributed by atoms with Gasteiger partial charge in [0.15, 0.2) is 15.3 Å². The zero-order valence-corrected chi connectivity index (χ0v) is 15.8. The Kier molecular flexibility index (Phi) is 9.45. The van der Waals surface area contributed by atoms with E-state index in [-0.39, 0.29) is 32.3 Å². The van der Waals surface area contributed by atoms with Crippen LogP contribution in [0.15, 0.2) is 0 Å². The van der Waals surface area contributed by atoms with Crippen LogP contribution in [0.2, 0.25) is 0 Å². The largest absolute Gasteiger partial charge is 0.446 e. The van der Waals surface area contributed by atoms with E-state index in [0.29, 0.717) is 0 Å². The third-order valence-corrected chi connectivity index (χ3v) is 5.67. The maximum atomic E-state index is 11.5. The number of hydrogen-bond acceptors (Lipinski definition) is 9. The summed E-state index contributed by atoms with van der Waals surface area (Å²) in [7, 11) is -7.41. The first kappa shape index (κ1) is 22.8. The maximum Gasteiger partial charge on any atom is 0.307 e. The van der Waals surface area contributed by atoms with Crippen molar-refractivity contribution in [1.82, 2.24) is 0 Å². The summed E-state index contributed by atoms with van der Waals surface area (Å²) in [6.45, 7) is 3.88.